The lowest BCUT2D eigenvalue weighted by atomic mass is 9.95. The summed E-state index contributed by atoms with van der Waals surface area (Å²) in [6.07, 6.45) is 0.264. The first-order chi connectivity index (χ1) is 13.8. The van der Waals surface area contributed by atoms with Gasteiger partial charge in [-0.2, -0.15) is 0 Å². The van der Waals surface area contributed by atoms with E-state index < -0.39 is 21.7 Å². The quantitative estimate of drug-likeness (QED) is 0.443. The first kappa shape index (κ1) is 22.4. The zero-order chi connectivity index (χ0) is 21.3. The van der Waals surface area contributed by atoms with Crippen LogP contribution in [0.5, 0.6) is 5.75 Å². The molecule has 0 heterocycles. The van der Waals surface area contributed by atoms with Crippen LogP contribution in [0.1, 0.15) is 19.4 Å². The van der Waals surface area contributed by atoms with E-state index in [1.807, 2.05) is 0 Å². The van der Waals surface area contributed by atoms with E-state index in [1.54, 1.807) is 68.4 Å². The van der Waals surface area contributed by atoms with Gasteiger partial charge in [0.15, 0.2) is 9.84 Å². The van der Waals surface area contributed by atoms with Gasteiger partial charge in [-0.1, -0.05) is 35.5 Å². The van der Waals surface area contributed by atoms with Crippen LogP contribution in [-0.2, 0) is 25.9 Å². The lowest BCUT2D eigenvalue weighted by Crippen LogP contribution is -2.24. The molecule has 156 valence electrons. The zero-order valence-corrected chi connectivity index (χ0v) is 17.3. The standard InChI is InChI=1S/C21H25NO6S/c1-3-28-22-16(2)20(21(23)24)15-17-9-11-18(12-10-17)27-13-14-29(25,26)19-7-5-4-6-8-19/h4-12,20H,3,13-15H2,1-2H3,(H,23,24)/b22-16+. The maximum atomic E-state index is 12.2. The number of carboxylic acid groups (broad SMARTS) is 1. The molecule has 2 aromatic rings. The van der Waals surface area contributed by atoms with Gasteiger partial charge >= 0.3 is 5.97 Å². The highest BCUT2D eigenvalue weighted by Gasteiger charge is 2.22. The number of ether oxygens (including phenoxy) is 1. The molecule has 7 nitrogen and oxygen atoms in total. The van der Waals surface area contributed by atoms with Gasteiger partial charge in [-0.05, 0) is 50.1 Å². The van der Waals surface area contributed by atoms with Gasteiger partial charge in [-0.25, -0.2) is 8.42 Å². The Hall–Kier alpha value is -2.87. The van der Waals surface area contributed by atoms with Gasteiger partial charge in [-0.15, -0.1) is 0 Å². The number of benzene rings is 2. The number of oxime groups is 1. The van der Waals surface area contributed by atoms with E-state index in [0.717, 1.165) is 5.56 Å². The molecule has 0 bridgehead atoms. The molecule has 0 aliphatic carbocycles. The topological polar surface area (TPSA) is 102 Å². The van der Waals surface area contributed by atoms with E-state index in [2.05, 4.69) is 5.16 Å². The monoisotopic (exact) mass is 419 g/mol. The molecule has 29 heavy (non-hydrogen) atoms. The molecule has 0 spiro atoms. The van der Waals surface area contributed by atoms with Crippen molar-refractivity contribution in [2.45, 2.75) is 25.2 Å². The number of hydrogen-bond donors (Lipinski definition) is 1. The van der Waals surface area contributed by atoms with Gasteiger partial charge in [0.05, 0.1) is 16.4 Å². The summed E-state index contributed by atoms with van der Waals surface area (Å²) >= 11 is 0. The van der Waals surface area contributed by atoms with Crippen LogP contribution in [0.3, 0.4) is 0 Å². The predicted molar refractivity (Wildman–Crippen MR) is 110 cm³/mol. The van der Waals surface area contributed by atoms with Gasteiger partial charge in [0, 0.05) is 0 Å². The maximum Gasteiger partial charge on any atom is 0.312 e. The number of nitrogens with zero attached hydrogens (tertiary/aromatic N) is 1. The molecule has 0 fully saturated rings. The third kappa shape index (κ3) is 6.90. The Balaban J connectivity index is 1.93. The molecule has 1 unspecified atom stereocenters. The minimum atomic E-state index is -3.40. The van der Waals surface area contributed by atoms with E-state index in [4.69, 9.17) is 9.57 Å². The number of hydrogen-bond acceptors (Lipinski definition) is 6. The molecule has 2 rings (SSSR count). The van der Waals surface area contributed by atoms with Gasteiger partial charge < -0.3 is 14.7 Å². The Bertz CT molecular complexity index is 923. The summed E-state index contributed by atoms with van der Waals surface area (Å²) in [6.45, 7) is 3.79. The Morgan fingerprint density at radius 3 is 2.34 bits per heavy atom. The number of aliphatic carboxylic acids is 1. The fourth-order valence-electron chi connectivity index (χ4n) is 2.62. The van der Waals surface area contributed by atoms with Gasteiger partial charge in [0.1, 0.15) is 24.9 Å². The summed E-state index contributed by atoms with van der Waals surface area (Å²) in [5.41, 5.74) is 1.19. The third-order valence-corrected chi connectivity index (χ3v) is 5.92. The molecular weight excluding hydrogens is 394 g/mol. The van der Waals surface area contributed by atoms with Gasteiger partial charge in [-0.3, -0.25) is 4.79 Å². The summed E-state index contributed by atoms with van der Waals surface area (Å²) in [6, 6.07) is 15.1. The highest BCUT2D eigenvalue weighted by Crippen LogP contribution is 2.17. The van der Waals surface area contributed by atoms with Crippen molar-refractivity contribution in [3.8, 4) is 5.75 Å². The molecule has 0 aliphatic rings. The lowest BCUT2D eigenvalue weighted by Gasteiger charge is -2.13. The highest BCUT2D eigenvalue weighted by atomic mass is 32.2. The second-order valence-electron chi connectivity index (χ2n) is 6.37. The van der Waals surface area contributed by atoms with Crippen LogP contribution in [-0.4, -0.2) is 44.2 Å². The van der Waals surface area contributed by atoms with E-state index in [0.29, 0.717) is 18.1 Å². The number of sulfone groups is 1. The van der Waals surface area contributed by atoms with E-state index in [9.17, 15) is 18.3 Å². The van der Waals surface area contributed by atoms with Crippen molar-refractivity contribution >= 4 is 21.5 Å². The summed E-state index contributed by atoms with van der Waals surface area (Å²) < 4.78 is 30.0. The Morgan fingerprint density at radius 1 is 1.10 bits per heavy atom. The van der Waals surface area contributed by atoms with Crippen LogP contribution < -0.4 is 4.74 Å². The summed E-state index contributed by atoms with van der Waals surface area (Å²) in [7, 11) is -3.40. The average molecular weight is 419 g/mol. The Kier molecular flexibility index (Phi) is 8.21. The lowest BCUT2D eigenvalue weighted by molar-refractivity contribution is -0.139. The van der Waals surface area contributed by atoms with Crippen molar-refractivity contribution in [3.05, 3.63) is 60.2 Å². The van der Waals surface area contributed by atoms with Crippen LogP contribution >= 0.6 is 0 Å². The van der Waals surface area contributed by atoms with Crippen molar-refractivity contribution < 1.29 is 27.9 Å². The fraction of sp³-hybridized carbons (Fsp3) is 0.333. The fourth-order valence-corrected chi connectivity index (χ4v) is 3.73. The minimum absolute atomic E-state index is 0.0223. The van der Waals surface area contributed by atoms with Crippen molar-refractivity contribution in [3.63, 3.8) is 0 Å². The largest absolute Gasteiger partial charge is 0.493 e. The van der Waals surface area contributed by atoms with Crippen molar-refractivity contribution in [1.82, 2.24) is 0 Å². The zero-order valence-electron chi connectivity index (χ0n) is 16.4. The first-order valence-corrected chi connectivity index (χ1v) is 10.9. The second kappa shape index (κ2) is 10.6. The highest BCUT2D eigenvalue weighted by molar-refractivity contribution is 7.91. The van der Waals surface area contributed by atoms with Crippen LogP contribution in [0.15, 0.2) is 64.6 Å². The van der Waals surface area contributed by atoms with Crippen molar-refractivity contribution in [2.24, 2.45) is 11.1 Å². The molecule has 0 aromatic heterocycles. The van der Waals surface area contributed by atoms with E-state index in [-0.39, 0.29) is 23.7 Å². The summed E-state index contributed by atoms with van der Waals surface area (Å²) in [4.78, 5) is 16.7. The van der Waals surface area contributed by atoms with Gasteiger partial charge in [0.2, 0.25) is 0 Å². The van der Waals surface area contributed by atoms with Crippen molar-refractivity contribution in [2.75, 3.05) is 19.0 Å². The smallest absolute Gasteiger partial charge is 0.312 e. The van der Waals surface area contributed by atoms with E-state index >= 15 is 0 Å². The van der Waals surface area contributed by atoms with Crippen LogP contribution in [0.2, 0.25) is 0 Å². The van der Waals surface area contributed by atoms with Crippen molar-refractivity contribution in [1.29, 1.82) is 0 Å². The molecule has 1 N–H and O–H groups in total. The van der Waals surface area contributed by atoms with Gasteiger partial charge in [0.25, 0.3) is 0 Å². The number of carbonyl (C=O) groups is 1. The Labute approximate surface area is 170 Å². The molecule has 0 aliphatic heterocycles. The average Bonchev–Trinajstić information content (AvgIpc) is 2.71. The second-order valence-corrected chi connectivity index (χ2v) is 8.48. The third-order valence-electron chi connectivity index (χ3n) is 4.23. The van der Waals surface area contributed by atoms with Crippen LogP contribution in [0.4, 0.5) is 0 Å². The molecular formula is C21H25NO6S. The molecule has 2 aromatic carbocycles. The van der Waals surface area contributed by atoms with E-state index in [1.165, 1.54) is 0 Å². The Morgan fingerprint density at radius 2 is 1.76 bits per heavy atom. The SMILES string of the molecule is CCO/N=C(\C)C(Cc1ccc(OCCS(=O)(=O)c2ccccc2)cc1)C(=O)O. The minimum Gasteiger partial charge on any atom is -0.493 e. The normalized spacial score (nSPS) is 13.0. The molecule has 0 radical (unpaired) electrons. The molecule has 0 saturated heterocycles. The molecule has 1 atom stereocenters. The molecule has 0 saturated carbocycles. The van der Waals surface area contributed by atoms with Crippen LogP contribution in [0.25, 0.3) is 0 Å². The first-order valence-electron chi connectivity index (χ1n) is 9.22. The number of rotatable bonds is 11. The molecule has 8 heteroatoms. The molecule has 0 amide bonds. The maximum absolute atomic E-state index is 12.2. The van der Waals surface area contributed by atoms with Crippen LogP contribution in [0, 0.1) is 5.92 Å². The predicted octanol–water partition coefficient (Wildman–Crippen LogP) is 3.20. The number of carboxylic acids is 1. The summed E-state index contributed by atoms with van der Waals surface area (Å²) in [5.74, 6) is -1.38. The summed E-state index contributed by atoms with van der Waals surface area (Å²) in [5, 5.41) is 13.2.